The lowest BCUT2D eigenvalue weighted by atomic mass is 9.90. The van der Waals surface area contributed by atoms with Crippen molar-refractivity contribution in [3.63, 3.8) is 0 Å². The Morgan fingerprint density at radius 1 is 0.354 bits per heavy atom. The van der Waals surface area contributed by atoms with Gasteiger partial charge in [0.1, 0.15) is 88.2 Å². The van der Waals surface area contributed by atoms with Crippen LogP contribution in [-0.2, 0) is 47.7 Å². The number of aliphatic carboxylic acids is 2. The fraction of sp³-hybridized carbons (Fsp3) is 0.314. The Hall–Kier alpha value is -12.9. The first-order chi connectivity index (χ1) is 60.4. The van der Waals surface area contributed by atoms with E-state index in [1.807, 2.05) is 143 Å². The molecule has 4 N–H and O–H groups in total. The van der Waals surface area contributed by atoms with Gasteiger partial charge in [0.25, 0.3) is 0 Å². The maximum atomic E-state index is 14.7. The summed E-state index contributed by atoms with van der Waals surface area (Å²) in [7, 11) is 7.38. The van der Waals surface area contributed by atoms with Gasteiger partial charge in [-0.15, -0.1) is 11.6 Å². The summed E-state index contributed by atoms with van der Waals surface area (Å²) in [5.74, 6) is 1.43. The lowest BCUT2D eigenvalue weighted by molar-refractivity contribution is -0.141. The molecule has 0 aliphatic carbocycles. The highest BCUT2D eigenvalue weighted by Crippen LogP contribution is 2.41. The van der Waals surface area contributed by atoms with Gasteiger partial charge in [-0.05, 0) is 207 Å². The molecule has 0 aliphatic rings. The lowest BCUT2D eigenvalue weighted by Gasteiger charge is -2.17. The van der Waals surface area contributed by atoms with Crippen LogP contribution in [0.5, 0.6) is 57.5 Å². The average molecular weight is 1760 g/mol. The largest absolute Gasteiger partial charge is 0.508 e. The summed E-state index contributed by atoms with van der Waals surface area (Å²) in [4.78, 5) is 45.1. The van der Waals surface area contributed by atoms with Crippen LogP contribution < -0.4 is 37.9 Å². The number of allylic oxidation sites excluding steroid dienone is 4. The van der Waals surface area contributed by atoms with E-state index in [0.29, 0.717) is 105 Å². The third-order valence-corrected chi connectivity index (χ3v) is 20.5. The van der Waals surface area contributed by atoms with E-state index in [1.165, 1.54) is 32.4 Å². The number of phenols is 2. The number of carboxylic acids is 2. The summed E-state index contributed by atoms with van der Waals surface area (Å²) < 4.78 is 98.6. The first kappa shape index (κ1) is 105. The molecule has 4 atom stereocenters. The predicted octanol–water partition coefficient (Wildman–Crippen LogP) is 26.1. The van der Waals surface area contributed by atoms with Crippen LogP contribution in [0.3, 0.4) is 0 Å². The van der Waals surface area contributed by atoms with E-state index in [4.69, 9.17) is 49.5 Å². The van der Waals surface area contributed by atoms with Crippen molar-refractivity contribution < 1.29 is 100 Å². The van der Waals surface area contributed by atoms with E-state index in [1.54, 1.807) is 94.1 Å². The number of rotatable bonds is 41. The normalized spacial score (nSPS) is 11.4. The first-order valence-corrected chi connectivity index (χ1v) is 42.0. The molecule has 678 valence electrons. The van der Waals surface area contributed by atoms with E-state index in [2.05, 4.69) is 56.6 Å². The first-order valence-electron chi connectivity index (χ1n) is 41.5. The minimum atomic E-state index is -0.877. The van der Waals surface area contributed by atoms with Crippen LogP contribution in [0.2, 0.25) is 0 Å². The van der Waals surface area contributed by atoms with Gasteiger partial charge in [-0.25, -0.2) is 13.2 Å². The predicted molar refractivity (Wildman–Crippen MR) is 498 cm³/mol. The molecule has 0 fully saturated rings. The Kier molecular flexibility index (Phi) is 45.1. The second-order valence-electron chi connectivity index (χ2n) is 30.0. The van der Waals surface area contributed by atoms with Gasteiger partial charge in [-0.1, -0.05) is 181 Å². The topological polar surface area (TPSA) is 241 Å². The highest BCUT2D eigenvalue weighted by molar-refractivity contribution is 6.17. The van der Waals surface area contributed by atoms with Crippen LogP contribution >= 0.6 is 11.6 Å². The molecule has 0 saturated heterocycles. The quantitative estimate of drug-likeness (QED) is 0.0120. The van der Waals surface area contributed by atoms with Crippen molar-refractivity contribution in [2.24, 2.45) is 0 Å². The van der Waals surface area contributed by atoms with Gasteiger partial charge in [-0.3, -0.25) is 19.2 Å². The molecular weight excluding hydrogens is 1640 g/mol. The number of halogens is 4. The standard InChI is InChI=1S/2C30H33FO5.C18H20ClFO2.2C13H16O3.CH4/c2*1-5-6-14-35-29-15-21(10-12-25(29)27-17-23(34-4)11-13-28(27)31)19-36-24-9-7-8-22(16-24)26(20(2)3)18-30(32)33;1-3-4-9-22-18-10-13(12-19)5-7-15(18)16-11-14(21-2)6-8-17(16)20;2*1-9(2)12(8-13(15)16-3)10-5-4-6-11(14)7-10;/h2*7-13,15-17,26H,2,5-6,14,18-19H2,1,3-4H3,(H,32,33);5-8,10-11H,3-4,9,12H2,1-2H3;2*4-7,12,14H,1,8H2,2-3H3;1H4/t2*26-;;2*12-;/m10.10./s1. The minimum absolute atomic E-state index is 0. The Morgan fingerprint density at radius 2 is 0.646 bits per heavy atom. The molecule has 10 rings (SSSR count). The number of methoxy groups -OCH3 is 5. The number of esters is 2. The monoisotopic (exact) mass is 1760 g/mol. The van der Waals surface area contributed by atoms with Crippen LogP contribution in [0.1, 0.15) is 183 Å². The number of ether oxygens (including phenoxy) is 10. The number of hydrogen-bond acceptors (Lipinski definition) is 16. The number of phenolic OH excluding ortho intramolecular Hbond substituents is 2. The van der Waals surface area contributed by atoms with Crippen LogP contribution in [0.25, 0.3) is 33.4 Å². The van der Waals surface area contributed by atoms with Gasteiger partial charge in [0.05, 0.1) is 81.1 Å². The van der Waals surface area contributed by atoms with Gasteiger partial charge < -0.3 is 67.8 Å². The second kappa shape index (κ2) is 54.8. The SMILES string of the molecule is C.C=C(C)[C@@H](CC(=O)O)c1cccc(OCc2ccc(-c3cc(OC)ccc3F)c(OCCCC)c2)c1.C=C(C)[C@@H](CC(=O)OC)c1cccc(O)c1.C=C(C)[C@H](CC(=O)O)c1cccc(OCc2ccc(-c3cc(OC)ccc3F)c(OCCCC)c2)c1.C=C(C)[C@H](CC(=O)OC)c1cccc(O)c1.CCCCOc1cc(CCl)ccc1-c1cc(OC)ccc1F. The zero-order valence-electron chi connectivity index (χ0n) is 74.1. The summed E-state index contributed by atoms with van der Waals surface area (Å²) in [6.45, 7) is 31.4. The Bertz CT molecular complexity index is 4990. The highest BCUT2D eigenvalue weighted by atomic mass is 35.5. The smallest absolute Gasteiger partial charge is 0.306 e. The maximum Gasteiger partial charge on any atom is 0.306 e. The number of benzene rings is 10. The Morgan fingerprint density at radius 3 is 0.921 bits per heavy atom. The van der Waals surface area contributed by atoms with Crippen molar-refractivity contribution in [3.05, 3.63) is 311 Å². The molecule has 0 amide bonds. The fourth-order valence-electron chi connectivity index (χ4n) is 13.1. The molecule has 0 saturated carbocycles. The molecule has 0 radical (unpaired) electrons. The van der Waals surface area contributed by atoms with Crippen LogP contribution in [-0.4, -0.2) is 99.7 Å². The van der Waals surface area contributed by atoms with Crippen LogP contribution in [0.4, 0.5) is 13.2 Å². The van der Waals surface area contributed by atoms with E-state index in [0.717, 1.165) is 99.8 Å². The molecule has 0 spiro atoms. The second-order valence-corrected chi connectivity index (χ2v) is 30.3. The molecule has 22 heteroatoms. The summed E-state index contributed by atoms with van der Waals surface area (Å²) in [6.07, 6.45) is 6.15. The van der Waals surface area contributed by atoms with Gasteiger partial charge in [-0.2, -0.15) is 0 Å². The lowest BCUT2D eigenvalue weighted by Crippen LogP contribution is -2.09. The number of carbonyl (C=O) groups excluding carboxylic acids is 2. The molecular formula is C105H122ClF3O18. The zero-order chi connectivity index (χ0) is 92.4. The van der Waals surface area contributed by atoms with Crippen molar-refractivity contribution in [1.29, 1.82) is 0 Å². The fourth-order valence-corrected chi connectivity index (χ4v) is 13.3. The molecule has 10 aromatic rings. The van der Waals surface area contributed by atoms with Crippen molar-refractivity contribution in [3.8, 4) is 90.9 Å². The maximum absolute atomic E-state index is 14.7. The number of carboxylic acid groups (broad SMARTS) is 2. The van der Waals surface area contributed by atoms with Crippen molar-refractivity contribution in [2.45, 2.75) is 163 Å². The van der Waals surface area contributed by atoms with E-state index in [9.17, 15) is 52.8 Å². The third kappa shape index (κ3) is 34.2. The average Bonchev–Trinajstić information content (AvgIpc) is 0.810. The molecule has 0 unspecified atom stereocenters. The number of carbonyl (C=O) groups is 4. The van der Waals surface area contributed by atoms with Gasteiger partial charge in [0.15, 0.2) is 0 Å². The third-order valence-electron chi connectivity index (χ3n) is 20.2. The molecule has 0 bridgehead atoms. The molecule has 0 aliphatic heterocycles. The number of hydrogen-bond donors (Lipinski definition) is 4. The Labute approximate surface area is 751 Å². The molecule has 0 heterocycles. The van der Waals surface area contributed by atoms with Crippen molar-refractivity contribution in [1.82, 2.24) is 0 Å². The highest BCUT2D eigenvalue weighted by Gasteiger charge is 2.24. The molecule has 127 heavy (non-hydrogen) atoms. The number of aromatic hydroxyl groups is 2. The molecule has 0 aromatic heterocycles. The number of alkyl halides is 1. The molecule has 10 aromatic carbocycles. The van der Waals surface area contributed by atoms with Crippen molar-refractivity contribution >= 4 is 35.5 Å². The van der Waals surface area contributed by atoms with Crippen LogP contribution in [0, 0.1) is 17.5 Å². The Balaban J connectivity index is 0.000000293. The molecule has 18 nitrogen and oxygen atoms in total. The zero-order valence-corrected chi connectivity index (χ0v) is 74.9. The summed E-state index contributed by atoms with van der Waals surface area (Å²) in [5, 5.41) is 37.3. The van der Waals surface area contributed by atoms with Gasteiger partial charge in [0.2, 0.25) is 0 Å². The van der Waals surface area contributed by atoms with E-state index in [-0.39, 0.29) is 111 Å². The number of unbranched alkanes of at least 4 members (excludes halogenated alkanes) is 3. The minimum Gasteiger partial charge on any atom is -0.508 e. The summed E-state index contributed by atoms with van der Waals surface area (Å²) in [6, 6.07) is 59.2. The summed E-state index contributed by atoms with van der Waals surface area (Å²) in [5.41, 5.74) is 12.7. The van der Waals surface area contributed by atoms with E-state index < -0.39 is 11.9 Å². The summed E-state index contributed by atoms with van der Waals surface area (Å²) >= 11 is 5.89. The van der Waals surface area contributed by atoms with Gasteiger partial charge >= 0.3 is 23.9 Å². The van der Waals surface area contributed by atoms with Gasteiger partial charge in [0, 0.05) is 62.9 Å². The van der Waals surface area contributed by atoms with Crippen molar-refractivity contribution in [2.75, 3.05) is 55.4 Å². The van der Waals surface area contributed by atoms with Crippen LogP contribution in [0.15, 0.2) is 255 Å². The van der Waals surface area contributed by atoms with E-state index >= 15 is 0 Å².